The normalized spacial score (nSPS) is 9.76. The average Bonchev–Trinajstić information content (AvgIpc) is 2.28. The van der Waals surface area contributed by atoms with Crippen LogP contribution in [0.2, 0.25) is 0 Å². The van der Waals surface area contributed by atoms with Crippen molar-refractivity contribution in [3.63, 3.8) is 0 Å². The molecule has 5 N–H and O–H groups in total. The highest BCUT2D eigenvalue weighted by Gasteiger charge is 2.11. The van der Waals surface area contributed by atoms with Crippen molar-refractivity contribution in [2.24, 2.45) is 5.73 Å². The predicted octanol–water partition coefficient (Wildman–Crippen LogP) is 0.773. The minimum atomic E-state index is -1.02. The molecule has 92 valence electrons. The van der Waals surface area contributed by atoms with Crippen LogP contribution in [0.1, 0.15) is 15.9 Å². The van der Waals surface area contributed by atoms with E-state index < -0.39 is 12.0 Å². The molecule has 0 atom stereocenters. The number of carboxylic acid groups (broad SMARTS) is 1. The van der Waals surface area contributed by atoms with Crippen LogP contribution in [0.3, 0.4) is 0 Å². The van der Waals surface area contributed by atoms with Crippen molar-refractivity contribution in [3.8, 4) is 0 Å². The maximum Gasteiger partial charge on any atom is 0.336 e. The minimum absolute atomic E-state index is 0.168. The molecule has 1 aromatic rings. The van der Waals surface area contributed by atoms with E-state index >= 15 is 0 Å². The number of aromatic carboxylic acids is 1. The molecule has 2 amide bonds. The molecule has 6 nitrogen and oxygen atoms in total. The predicted molar refractivity (Wildman–Crippen MR) is 64.2 cm³/mol. The van der Waals surface area contributed by atoms with E-state index in [1.165, 1.54) is 6.07 Å². The first-order valence-electron chi connectivity index (χ1n) is 5.14. The monoisotopic (exact) mass is 237 g/mol. The van der Waals surface area contributed by atoms with Gasteiger partial charge in [0.15, 0.2) is 0 Å². The van der Waals surface area contributed by atoms with Gasteiger partial charge in [-0.15, -0.1) is 0 Å². The Labute approximate surface area is 98.8 Å². The summed E-state index contributed by atoms with van der Waals surface area (Å²) in [4.78, 5) is 22.3. The van der Waals surface area contributed by atoms with Crippen molar-refractivity contribution in [1.29, 1.82) is 0 Å². The number of rotatable bonds is 4. The van der Waals surface area contributed by atoms with Crippen molar-refractivity contribution in [3.05, 3.63) is 29.3 Å². The SMILES string of the molecule is Cc1c(NC(=O)NCCN)cccc1C(=O)O. The second-order valence-corrected chi connectivity index (χ2v) is 3.45. The third kappa shape index (κ3) is 3.46. The summed E-state index contributed by atoms with van der Waals surface area (Å²) in [6, 6.07) is 4.31. The molecule has 0 radical (unpaired) electrons. The van der Waals surface area contributed by atoms with E-state index in [1.54, 1.807) is 19.1 Å². The number of nitrogens with two attached hydrogens (primary N) is 1. The number of benzene rings is 1. The fourth-order valence-electron chi connectivity index (χ4n) is 1.35. The largest absolute Gasteiger partial charge is 0.478 e. The molecule has 17 heavy (non-hydrogen) atoms. The van der Waals surface area contributed by atoms with Crippen molar-refractivity contribution in [1.82, 2.24) is 5.32 Å². The van der Waals surface area contributed by atoms with Gasteiger partial charge in [0.2, 0.25) is 0 Å². The lowest BCUT2D eigenvalue weighted by Gasteiger charge is -2.10. The number of carbonyl (C=O) groups is 2. The molecule has 0 aliphatic heterocycles. The molecule has 1 rings (SSSR count). The molecule has 0 aliphatic rings. The molecule has 0 aliphatic carbocycles. The fraction of sp³-hybridized carbons (Fsp3) is 0.273. The first kappa shape index (κ1) is 13.0. The van der Waals surface area contributed by atoms with Crippen LogP contribution in [0.4, 0.5) is 10.5 Å². The molecule has 0 heterocycles. The van der Waals surface area contributed by atoms with Gasteiger partial charge in [-0.3, -0.25) is 0 Å². The van der Waals surface area contributed by atoms with Gasteiger partial charge in [0.1, 0.15) is 0 Å². The highest BCUT2D eigenvalue weighted by Crippen LogP contribution is 2.18. The molecule has 0 bridgehead atoms. The van der Waals surface area contributed by atoms with E-state index in [0.717, 1.165) is 0 Å². The molecule has 0 fully saturated rings. The molecule has 0 spiro atoms. The lowest BCUT2D eigenvalue weighted by Crippen LogP contribution is -2.33. The third-order valence-corrected chi connectivity index (χ3v) is 2.24. The van der Waals surface area contributed by atoms with E-state index in [9.17, 15) is 9.59 Å². The summed E-state index contributed by atoms with van der Waals surface area (Å²) in [5.74, 6) is -1.02. The number of nitrogens with one attached hydrogen (secondary N) is 2. The summed E-state index contributed by atoms with van der Waals surface area (Å²) >= 11 is 0. The van der Waals surface area contributed by atoms with Gasteiger partial charge in [0, 0.05) is 18.8 Å². The van der Waals surface area contributed by atoms with Crippen LogP contribution in [0, 0.1) is 6.92 Å². The summed E-state index contributed by atoms with van der Waals surface area (Å²) in [6.45, 7) is 2.35. The summed E-state index contributed by atoms with van der Waals surface area (Å²) in [6.07, 6.45) is 0. The molecule has 0 saturated carbocycles. The number of hydrogen-bond donors (Lipinski definition) is 4. The zero-order valence-electron chi connectivity index (χ0n) is 9.49. The Bertz CT molecular complexity index is 432. The van der Waals surface area contributed by atoms with Gasteiger partial charge in [-0.2, -0.15) is 0 Å². The Hall–Kier alpha value is -2.08. The van der Waals surface area contributed by atoms with Crippen molar-refractivity contribution < 1.29 is 14.7 Å². The Morgan fingerprint density at radius 3 is 2.71 bits per heavy atom. The smallest absolute Gasteiger partial charge is 0.336 e. The topological polar surface area (TPSA) is 104 Å². The number of anilines is 1. The average molecular weight is 237 g/mol. The van der Waals surface area contributed by atoms with Crippen molar-refractivity contribution in [2.75, 3.05) is 18.4 Å². The first-order chi connectivity index (χ1) is 8.06. The van der Waals surface area contributed by atoms with E-state index in [1.807, 2.05) is 0 Å². The van der Waals surface area contributed by atoms with Gasteiger partial charge in [-0.25, -0.2) is 9.59 Å². The zero-order chi connectivity index (χ0) is 12.8. The van der Waals surface area contributed by atoms with Gasteiger partial charge in [-0.05, 0) is 24.6 Å². The number of hydrogen-bond acceptors (Lipinski definition) is 3. The Morgan fingerprint density at radius 2 is 2.12 bits per heavy atom. The van der Waals surface area contributed by atoms with E-state index in [-0.39, 0.29) is 5.56 Å². The Kier molecular flexibility index (Phi) is 4.47. The second kappa shape index (κ2) is 5.86. The second-order valence-electron chi connectivity index (χ2n) is 3.45. The maximum atomic E-state index is 11.4. The van der Waals surface area contributed by atoms with Crippen LogP contribution in [-0.2, 0) is 0 Å². The summed E-state index contributed by atoms with van der Waals surface area (Å²) in [7, 11) is 0. The molecule has 0 unspecified atom stereocenters. The van der Waals surface area contributed by atoms with Gasteiger partial charge < -0.3 is 21.5 Å². The number of carboxylic acids is 1. The number of urea groups is 1. The molecular formula is C11H15N3O3. The van der Waals surface area contributed by atoms with Crippen LogP contribution in [0.5, 0.6) is 0 Å². The van der Waals surface area contributed by atoms with E-state index in [4.69, 9.17) is 10.8 Å². The van der Waals surface area contributed by atoms with Crippen LogP contribution >= 0.6 is 0 Å². The first-order valence-corrected chi connectivity index (χ1v) is 5.14. The van der Waals surface area contributed by atoms with Gasteiger partial charge in [0.05, 0.1) is 5.56 Å². The summed E-state index contributed by atoms with van der Waals surface area (Å²) < 4.78 is 0. The van der Waals surface area contributed by atoms with Crippen LogP contribution in [0.25, 0.3) is 0 Å². The van der Waals surface area contributed by atoms with Gasteiger partial charge in [-0.1, -0.05) is 6.07 Å². The molecule has 0 saturated heterocycles. The Morgan fingerprint density at radius 1 is 1.41 bits per heavy atom. The lowest BCUT2D eigenvalue weighted by molar-refractivity contribution is 0.0696. The maximum absolute atomic E-state index is 11.4. The lowest BCUT2D eigenvalue weighted by atomic mass is 10.1. The van der Waals surface area contributed by atoms with Gasteiger partial charge in [0.25, 0.3) is 0 Å². The highest BCUT2D eigenvalue weighted by molar-refractivity contribution is 5.95. The molecule has 0 aromatic heterocycles. The Balaban J connectivity index is 2.81. The van der Waals surface area contributed by atoms with E-state index in [2.05, 4.69) is 10.6 Å². The van der Waals surface area contributed by atoms with Crippen molar-refractivity contribution in [2.45, 2.75) is 6.92 Å². The van der Waals surface area contributed by atoms with Gasteiger partial charge >= 0.3 is 12.0 Å². The van der Waals surface area contributed by atoms with Crippen molar-refractivity contribution >= 4 is 17.7 Å². The van der Waals surface area contributed by atoms with Crippen LogP contribution in [-0.4, -0.2) is 30.2 Å². The summed E-state index contributed by atoms with van der Waals surface area (Å²) in [5.41, 5.74) is 6.40. The fourth-order valence-corrected chi connectivity index (χ4v) is 1.35. The van der Waals surface area contributed by atoms with Crippen LogP contribution in [0.15, 0.2) is 18.2 Å². The zero-order valence-corrected chi connectivity index (χ0v) is 9.49. The number of amides is 2. The minimum Gasteiger partial charge on any atom is -0.478 e. The quantitative estimate of drug-likeness (QED) is 0.620. The molecule has 6 heteroatoms. The van der Waals surface area contributed by atoms with Crippen LogP contribution < -0.4 is 16.4 Å². The molecule has 1 aromatic carbocycles. The number of carbonyl (C=O) groups excluding carboxylic acids is 1. The summed E-state index contributed by atoms with van der Waals surface area (Å²) in [5, 5.41) is 14.0. The highest BCUT2D eigenvalue weighted by atomic mass is 16.4. The third-order valence-electron chi connectivity index (χ3n) is 2.24. The standard InChI is InChI=1S/C11H15N3O3/c1-7-8(10(15)16)3-2-4-9(7)14-11(17)13-6-5-12/h2-4H,5-6,12H2,1H3,(H,15,16)(H2,13,14,17). The van der Waals surface area contributed by atoms with E-state index in [0.29, 0.717) is 24.3 Å². The molecular weight excluding hydrogens is 222 g/mol.